The summed E-state index contributed by atoms with van der Waals surface area (Å²) in [6.07, 6.45) is -3.51. The van der Waals surface area contributed by atoms with Crippen LogP contribution < -0.4 is 5.32 Å². The lowest BCUT2D eigenvalue weighted by molar-refractivity contribution is -0.175. The Balaban J connectivity index is 2.38. The van der Waals surface area contributed by atoms with Crippen molar-refractivity contribution in [3.8, 4) is 0 Å². The largest absolute Gasteiger partial charge is 0.411 e. The Morgan fingerprint density at radius 2 is 1.86 bits per heavy atom. The van der Waals surface area contributed by atoms with E-state index in [1.165, 1.54) is 0 Å². The molecule has 1 rings (SSSR count). The van der Waals surface area contributed by atoms with Gasteiger partial charge >= 0.3 is 6.18 Å². The maximum atomic E-state index is 11.9. The standard InChI is InChI=1S/C15H20F3NO3/c1-2-7-21-9-13-6-4-3-5-12(13)8-19-14(20)10-22-11-15(16,17)18/h3-6H,2,7-11H2,1H3,(H,19,20). The highest BCUT2D eigenvalue weighted by molar-refractivity contribution is 5.77. The number of ether oxygens (including phenoxy) is 2. The zero-order valence-electron chi connectivity index (χ0n) is 12.4. The molecule has 124 valence electrons. The summed E-state index contributed by atoms with van der Waals surface area (Å²) in [4.78, 5) is 11.4. The Labute approximate surface area is 127 Å². The van der Waals surface area contributed by atoms with E-state index in [0.29, 0.717) is 13.2 Å². The van der Waals surface area contributed by atoms with Gasteiger partial charge in [0.1, 0.15) is 13.2 Å². The summed E-state index contributed by atoms with van der Waals surface area (Å²) in [7, 11) is 0. The summed E-state index contributed by atoms with van der Waals surface area (Å²) in [5.41, 5.74) is 1.80. The first-order valence-electron chi connectivity index (χ1n) is 6.98. The van der Waals surface area contributed by atoms with Crippen molar-refractivity contribution in [1.29, 1.82) is 0 Å². The fraction of sp³-hybridized carbons (Fsp3) is 0.533. The normalized spacial score (nSPS) is 11.5. The van der Waals surface area contributed by atoms with E-state index < -0.39 is 25.3 Å². The van der Waals surface area contributed by atoms with Gasteiger partial charge in [-0.2, -0.15) is 13.2 Å². The highest BCUT2D eigenvalue weighted by atomic mass is 19.4. The van der Waals surface area contributed by atoms with Crippen LogP contribution in [0.15, 0.2) is 24.3 Å². The Morgan fingerprint density at radius 3 is 2.50 bits per heavy atom. The van der Waals surface area contributed by atoms with Crippen molar-refractivity contribution >= 4 is 5.91 Å². The van der Waals surface area contributed by atoms with Gasteiger partial charge < -0.3 is 14.8 Å². The fourth-order valence-electron chi connectivity index (χ4n) is 1.70. The minimum absolute atomic E-state index is 0.222. The van der Waals surface area contributed by atoms with E-state index in [2.05, 4.69) is 10.1 Å². The van der Waals surface area contributed by atoms with Crippen LogP contribution in [0, 0.1) is 0 Å². The average Bonchev–Trinajstić information content (AvgIpc) is 2.45. The maximum absolute atomic E-state index is 11.9. The third-order valence-corrected chi connectivity index (χ3v) is 2.70. The quantitative estimate of drug-likeness (QED) is 0.712. The second-order valence-electron chi connectivity index (χ2n) is 4.71. The molecule has 0 unspecified atom stereocenters. The van der Waals surface area contributed by atoms with Gasteiger partial charge in [0.05, 0.1) is 6.61 Å². The molecule has 0 aromatic heterocycles. The van der Waals surface area contributed by atoms with E-state index in [0.717, 1.165) is 17.5 Å². The third-order valence-electron chi connectivity index (χ3n) is 2.70. The molecule has 0 heterocycles. The van der Waals surface area contributed by atoms with Crippen LogP contribution in [-0.4, -0.2) is 31.9 Å². The lowest BCUT2D eigenvalue weighted by atomic mass is 10.1. The summed E-state index contributed by atoms with van der Waals surface area (Å²) in [6.45, 7) is 1.26. The molecule has 22 heavy (non-hydrogen) atoms. The van der Waals surface area contributed by atoms with Crippen molar-refractivity contribution in [3.63, 3.8) is 0 Å². The first kappa shape index (κ1) is 18.4. The lowest BCUT2D eigenvalue weighted by Crippen LogP contribution is -2.29. The molecule has 0 saturated heterocycles. The van der Waals surface area contributed by atoms with Gasteiger partial charge in [-0.05, 0) is 17.5 Å². The number of carbonyl (C=O) groups excluding carboxylic acids is 1. The molecule has 1 aromatic carbocycles. The second kappa shape index (κ2) is 9.42. The van der Waals surface area contributed by atoms with Gasteiger partial charge in [-0.15, -0.1) is 0 Å². The van der Waals surface area contributed by atoms with E-state index in [1.807, 2.05) is 31.2 Å². The lowest BCUT2D eigenvalue weighted by Gasteiger charge is -2.11. The van der Waals surface area contributed by atoms with Crippen LogP contribution in [0.2, 0.25) is 0 Å². The molecule has 1 N–H and O–H groups in total. The van der Waals surface area contributed by atoms with Crippen LogP contribution in [-0.2, 0) is 27.4 Å². The van der Waals surface area contributed by atoms with Crippen molar-refractivity contribution in [2.24, 2.45) is 0 Å². The van der Waals surface area contributed by atoms with Gasteiger partial charge in [-0.3, -0.25) is 4.79 Å². The number of hydrogen-bond acceptors (Lipinski definition) is 3. The smallest absolute Gasteiger partial charge is 0.377 e. The first-order valence-corrected chi connectivity index (χ1v) is 6.98. The topological polar surface area (TPSA) is 47.6 Å². The molecule has 4 nitrogen and oxygen atoms in total. The Morgan fingerprint density at radius 1 is 1.18 bits per heavy atom. The van der Waals surface area contributed by atoms with Crippen molar-refractivity contribution in [1.82, 2.24) is 5.32 Å². The summed E-state index contributed by atoms with van der Waals surface area (Å²) in [6, 6.07) is 7.41. The zero-order valence-corrected chi connectivity index (χ0v) is 12.4. The Hall–Kier alpha value is -1.60. The molecule has 0 spiro atoms. The minimum Gasteiger partial charge on any atom is -0.377 e. The van der Waals surface area contributed by atoms with Crippen molar-refractivity contribution in [3.05, 3.63) is 35.4 Å². The molecule has 0 atom stereocenters. The molecular formula is C15H20F3NO3. The number of amides is 1. The minimum atomic E-state index is -4.43. The first-order chi connectivity index (χ1) is 10.4. The van der Waals surface area contributed by atoms with E-state index in [9.17, 15) is 18.0 Å². The van der Waals surface area contributed by atoms with Gasteiger partial charge in [-0.25, -0.2) is 0 Å². The predicted molar refractivity (Wildman–Crippen MR) is 75.1 cm³/mol. The zero-order chi connectivity index (χ0) is 16.4. The number of nitrogens with one attached hydrogen (secondary N) is 1. The van der Waals surface area contributed by atoms with E-state index >= 15 is 0 Å². The number of halogens is 3. The molecule has 7 heteroatoms. The van der Waals surface area contributed by atoms with Crippen molar-refractivity contribution in [2.75, 3.05) is 19.8 Å². The van der Waals surface area contributed by atoms with Crippen LogP contribution in [0.25, 0.3) is 0 Å². The average molecular weight is 319 g/mol. The molecule has 0 bridgehead atoms. The highest BCUT2D eigenvalue weighted by Gasteiger charge is 2.27. The molecule has 1 aromatic rings. The summed E-state index contributed by atoms with van der Waals surface area (Å²) in [5.74, 6) is -0.589. The maximum Gasteiger partial charge on any atom is 0.411 e. The third kappa shape index (κ3) is 7.99. The fourth-order valence-corrected chi connectivity index (χ4v) is 1.70. The number of carbonyl (C=O) groups is 1. The monoisotopic (exact) mass is 319 g/mol. The molecule has 0 aliphatic rings. The van der Waals surface area contributed by atoms with Crippen LogP contribution in [0.4, 0.5) is 13.2 Å². The number of alkyl halides is 3. The van der Waals surface area contributed by atoms with Crippen LogP contribution in [0.5, 0.6) is 0 Å². The van der Waals surface area contributed by atoms with E-state index in [-0.39, 0.29) is 6.54 Å². The molecular weight excluding hydrogens is 299 g/mol. The van der Waals surface area contributed by atoms with Crippen LogP contribution >= 0.6 is 0 Å². The van der Waals surface area contributed by atoms with Crippen LogP contribution in [0.1, 0.15) is 24.5 Å². The van der Waals surface area contributed by atoms with E-state index in [4.69, 9.17) is 4.74 Å². The molecule has 0 radical (unpaired) electrons. The van der Waals surface area contributed by atoms with Gasteiger partial charge in [0.2, 0.25) is 5.91 Å². The summed E-state index contributed by atoms with van der Waals surface area (Å²) >= 11 is 0. The van der Waals surface area contributed by atoms with Crippen LogP contribution in [0.3, 0.4) is 0 Å². The van der Waals surface area contributed by atoms with Crippen molar-refractivity contribution < 1.29 is 27.4 Å². The molecule has 1 amide bonds. The van der Waals surface area contributed by atoms with Gasteiger partial charge in [0.15, 0.2) is 0 Å². The molecule has 0 aliphatic carbocycles. The highest BCUT2D eigenvalue weighted by Crippen LogP contribution is 2.14. The second-order valence-corrected chi connectivity index (χ2v) is 4.71. The van der Waals surface area contributed by atoms with E-state index in [1.54, 1.807) is 0 Å². The molecule has 0 fully saturated rings. The number of hydrogen-bond donors (Lipinski definition) is 1. The predicted octanol–water partition coefficient (Wildman–Crippen LogP) is 2.81. The summed E-state index contributed by atoms with van der Waals surface area (Å²) in [5, 5.41) is 2.53. The SMILES string of the molecule is CCCOCc1ccccc1CNC(=O)COCC(F)(F)F. The molecule has 0 aliphatic heterocycles. The van der Waals surface area contributed by atoms with Crippen molar-refractivity contribution in [2.45, 2.75) is 32.7 Å². The number of benzene rings is 1. The Bertz CT molecular complexity index is 464. The number of rotatable bonds is 9. The molecule has 0 saturated carbocycles. The summed E-state index contributed by atoms with van der Waals surface area (Å²) < 4.78 is 45.4. The Kier molecular flexibility index (Phi) is 7.90. The van der Waals surface area contributed by atoms with Gasteiger partial charge in [0, 0.05) is 13.2 Å². The van der Waals surface area contributed by atoms with Gasteiger partial charge in [0.25, 0.3) is 0 Å². The van der Waals surface area contributed by atoms with Gasteiger partial charge in [-0.1, -0.05) is 31.2 Å².